The zero-order valence-corrected chi connectivity index (χ0v) is 10.8. The third-order valence-electron chi connectivity index (χ3n) is 2.50. The molecule has 0 aliphatic heterocycles. The molecule has 86 valence electrons. The van der Waals surface area contributed by atoms with E-state index in [2.05, 4.69) is 5.32 Å². The van der Waals surface area contributed by atoms with Gasteiger partial charge in [0, 0.05) is 14.0 Å². The summed E-state index contributed by atoms with van der Waals surface area (Å²) in [6.45, 7) is 13.3. The van der Waals surface area contributed by atoms with Gasteiger partial charge in [-0.2, -0.15) is 0 Å². The molecule has 0 rings (SSSR count). The standard InChI is InChI=1S/C9H19NO2.C2H6/c1-7(11)10-8(2,3)9(4,5)12-6;1-2/h1-6H3,(H,10,11);1-2H3. The predicted octanol–water partition coefficient (Wildman–Crippen LogP) is 2.35. The maximum Gasteiger partial charge on any atom is 0.217 e. The second-order valence-corrected chi connectivity index (χ2v) is 4.02. The number of amides is 1. The van der Waals surface area contributed by atoms with Gasteiger partial charge in [-0.05, 0) is 27.7 Å². The van der Waals surface area contributed by atoms with Gasteiger partial charge in [0.1, 0.15) is 0 Å². The van der Waals surface area contributed by atoms with E-state index < -0.39 is 0 Å². The second kappa shape index (κ2) is 6.02. The van der Waals surface area contributed by atoms with Crippen molar-refractivity contribution < 1.29 is 9.53 Å². The number of carbonyl (C=O) groups excluding carboxylic acids is 1. The third kappa shape index (κ3) is 4.61. The van der Waals surface area contributed by atoms with Crippen LogP contribution < -0.4 is 5.32 Å². The molecule has 0 aliphatic carbocycles. The molecule has 0 aromatic carbocycles. The quantitative estimate of drug-likeness (QED) is 0.764. The molecule has 0 spiro atoms. The van der Waals surface area contributed by atoms with Crippen molar-refractivity contribution in [1.29, 1.82) is 0 Å². The van der Waals surface area contributed by atoms with Crippen LogP contribution in [0.1, 0.15) is 48.5 Å². The van der Waals surface area contributed by atoms with Crippen LogP contribution in [0.3, 0.4) is 0 Å². The van der Waals surface area contributed by atoms with Gasteiger partial charge < -0.3 is 10.1 Å². The average molecular weight is 203 g/mol. The molecule has 3 nitrogen and oxygen atoms in total. The Bertz CT molecular complexity index is 174. The van der Waals surface area contributed by atoms with Crippen LogP contribution in [-0.2, 0) is 9.53 Å². The Hall–Kier alpha value is -0.570. The molecule has 1 N–H and O–H groups in total. The number of hydrogen-bond donors (Lipinski definition) is 1. The topological polar surface area (TPSA) is 38.3 Å². The van der Waals surface area contributed by atoms with E-state index in [1.807, 2.05) is 41.5 Å². The van der Waals surface area contributed by atoms with Crippen LogP contribution in [0.5, 0.6) is 0 Å². The van der Waals surface area contributed by atoms with Gasteiger partial charge in [-0.1, -0.05) is 13.8 Å². The van der Waals surface area contributed by atoms with Crippen molar-refractivity contribution in [2.45, 2.75) is 59.6 Å². The van der Waals surface area contributed by atoms with Crippen LogP contribution in [0.2, 0.25) is 0 Å². The van der Waals surface area contributed by atoms with Crippen LogP contribution in [0, 0.1) is 0 Å². The molecule has 0 fully saturated rings. The van der Waals surface area contributed by atoms with Gasteiger partial charge in [0.05, 0.1) is 11.1 Å². The summed E-state index contributed by atoms with van der Waals surface area (Å²) >= 11 is 0. The SMILES string of the molecule is CC.COC(C)(C)C(C)(C)NC(C)=O. The minimum absolute atomic E-state index is 0.0369. The monoisotopic (exact) mass is 203 g/mol. The summed E-state index contributed by atoms with van der Waals surface area (Å²) in [6.07, 6.45) is 0. The molecule has 0 aromatic heterocycles. The molecule has 0 heterocycles. The summed E-state index contributed by atoms with van der Waals surface area (Å²) in [5.74, 6) is -0.0369. The van der Waals surface area contributed by atoms with E-state index in [4.69, 9.17) is 4.74 Å². The number of ether oxygens (including phenoxy) is 1. The summed E-state index contributed by atoms with van der Waals surface area (Å²) in [5, 5.41) is 2.85. The van der Waals surface area contributed by atoms with Gasteiger partial charge in [0.25, 0.3) is 0 Å². The number of nitrogens with one attached hydrogen (secondary N) is 1. The first-order valence-electron chi connectivity index (χ1n) is 5.07. The zero-order valence-electron chi connectivity index (χ0n) is 10.8. The van der Waals surface area contributed by atoms with Gasteiger partial charge >= 0.3 is 0 Å². The number of hydrogen-bond acceptors (Lipinski definition) is 2. The summed E-state index contributed by atoms with van der Waals surface area (Å²) < 4.78 is 5.29. The lowest BCUT2D eigenvalue weighted by Crippen LogP contribution is -2.58. The van der Waals surface area contributed by atoms with Crippen molar-refractivity contribution in [2.75, 3.05) is 7.11 Å². The minimum atomic E-state index is -0.362. The fourth-order valence-corrected chi connectivity index (χ4v) is 0.846. The molecule has 0 saturated heterocycles. The highest BCUT2D eigenvalue weighted by atomic mass is 16.5. The molecule has 0 aromatic rings. The Kier molecular flexibility index (Phi) is 6.82. The molecular formula is C11H25NO2. The smallest absolute Gasteiger partial charge is 0.217 e. The summed E-state index contributed by atoms with van der Waals surface area (Å²) in [4.78, 5) is 10.9. The fraction of sp³-hybridized carbons (Fsp3) is 0.909. The molecule has 0 bridgehead atoms. The highest BCUT2D eigenvalue weighted by Crippen LogP contribution is 2.23. The Morgan fingerprint density at radius 3 is 1.71 bits per heavy atom. The molecule has 0 aliphatic rings. The Balaban J connectivity index is 0. The maximum atomic E-state index is 10.9. The van der Waals surface area contributed by atoms with Crippen molar-refractivity contribution in [1.82, 2.24) is 5.32 Å². The summed E-state index contributed by atoms with van der Waals surface area (Å²) in [7, 11) is 1.64. The van der Waals surface area contributed by atoms with Gasteiger partial charge in [-0.15, -0.1) is 0 Å². The highest BCUT2D eigenvalue weighted by molar-refractivity contribution is 5.73. The largest absolute Gasteiger partial charge is 0.376 e. The van der Waals surface area contributed by atoms with E-state index in [-0.39, 0.29) is 17.0 Å². The van der Waals surface area contributed by atoms with Crippen LogP contribution in [0.4, 0.5) is 0 Å². The number of methoxy groups -OCH3 is 1. The Morgan fingerprint density at radius 1 is 1.14 bits per heavy atom. The molecule has 0 radical (unpaired) electrons. The van der Waals surface area contributed by atoms with Gasteiger partial charge in [-0.25, -0.2) is 0 Å². The Labute approximate surface area is 88.2 Å². The van der Waals surface area contributed by atoms with E-state index in [1.54, 1.807) is 7.11 Å². The number of rotatable bonds is 3. The van der Waals surface area contributed by atoms with Crippen LogP contribution in [0.15, 0.2) is 0 Å². The van der Waals surface area contributed by atoms with Crippen LogP contribution in [-0.4, -0.2) is 24.2 Å². The minimum Gasteiger partial charge on any atom is -0.376 e. The van der Waals surface area contributed by atoms with E-state index in [1.165, 1.54) is 6.92 Å². The molecule has 14 heavy (non-hydrogen) atoms. The predicted molar refractivity (Wildman–Crippen MR) is 60.3 cm³/mol. The van der Waals surface area contributed by atoms with E-state index in [9.17, 15) is 4.79 Å². The lowest BCUT2D eigenvalue weighted by atomic mass is 9.85. The van der Waals surface area contributed by atoms with E-state index in [0.29, 0.717) is 0 Å². The van der Waals surface area contributed by atoms with E-state index >= 15 is 0 Å². The van der Waals surface area contributed by atoms with Crippen molar-refractivity contribution in [3.05, 3.63) is 0 Å². The fourth-order valence-electron chi connectivity index (χ4n) is 0.846. The summed E-state index contributed by atoms with van der Waals surface area (Å²) in [6, 6.07) is 0. The van der Waals surface area contributed by atoms with Crippen molar-refractivity contribution in [3.63, 3.8) is 0 Å². The number of carbonyl (C=O) groups is 1. The summed E-state index contributed by atoms with van der Waals surface area (Å²) in [5.41, 5.74) is -0.716. The molecule has 3 heteroatoms. The first-order chi connectivity index (χ1) is 6.23. The van der Waals surface area contributed by atoms with E-state index in [0.717, 1.165) is 0 Å². The normalized spacial score (nSPS) is 11.4. The van der Waals surface area contributed by atoms with Gasteiger partial charge in [0.15, 0.2) is 0 Å². The van der Waals surface area contributed by atoms with Gasteiger partial charge in [0.2, 0.25) is 5.91 Å². The zero-order chi connectivity index (χ0) is 12.0. The maximum absolute atomic E-state index is 10.9. The Morgan fingerprint density at radius 2 is 1.50 bits per heavy atom. The first-order valence-corrected chi connectivity index (χ1v) is 5.07. The lowest BCUT2D eigenvalue weighted by Gasteiger charge is -2.40. The van der Waals surface area contributed by atoms with Gasteiger partial charge in [-0.3, -0.25) is 4.79 Å². The lowest BCUT2D eigenvalue weighted by molar-refractivity contribution is -0.125. The van der Waals surface area contributed by atoms with Crippen molar-refractivity contribution >= 4 is 5.91 Å². The average Bonchev–Trinajstić information content (AvgIpc) is 2.05. The molecule has 0 saturated carbocycles. The van der Waals surface area contributed by atoms with Crippen molar-refractivity contribution in [2.24, 2.45) is 0 Å². The van der Waals surface area contributed by atoms with Crippen LogP contribution in [0.25, 0.3) is 0 Å². The van der Waals surface area contributed by atoms with Crippen molar-refractivity contribution in [3.8, 4) is 0 Å². The second-order valence-electron chi connectivity index (χ2n) is 4.02. The molecule has 1 amide bonds. The third-order valence-corrected chi connectivity index (χ3v) is 2.50. The highest BCUT2D eigenvalue weighted by Gasteiger charge is 2.37. The molecule has 0 atom stereocenters. The first kappa shape index (κ1) is 15.9. The molecular weight excluding hydrogens is 178 g/mol. The van der Waals surface area contributed by atoms with Crippen LogP contribution >= 0.6 is 0 Å². The molecule has 0 unspecified atom stereocenters.